The lowest BCUT2D eigenvalue weighted by Gasteiger charge is -2.35. The summed E-state index contributed by atoms with van der Waals surface area (Å²) < 4.78 is 5.74. The van der Waals surface area contributed by atoms with Crippen LogP contribution in [0.15, 0.2) is 24.5 Å². The van der Waals surface area contributed by atoms with Gasteiger partial charge in [0.05, 0.1) is 12.2 Å². The topological polar surface area (TPSA) is 51.1 Å². The number of pyridine rings is 1. The van der Waals surface area contributed by atoms with Crippen molar-refractivity contribution >= 4 is 17.5 Å². The van der Waals surface area contributed by atoms with E-state index in [1.165, 1.54) is 0 Å². The molecular formula is C16H19ClN4O. The average Bonchev–Trinajstić information content (AvgIpc) is 2.46. The minimum atomic E-state index is 0.161. The van der Waals surface area contributed by atoms with Crippen LogP contribution in [0.1, 0.15) is 19.5 Å². The summed E-state index contributed by atoms with van der Waals surface area (Å²) in [4.78, 5) is 15.3. The summed E-state index contributed by atoms with van der Waals surface area (Å²) >= 11 is 6.38. The fourth-order valence-electron chi connectivity index (χ4n) is 2.75. The molecule has 1 saturated heterocycles. The van der Waals surface area contributed by atoms with Crippen molar-refractivity contribution in [1.29, 1.82) is 0 Å². The second-order valence-electron chi connectivity index (χ2n) is 5.72. The molecule has 0 bridgehead atoms. The monoisotopic (exact) mass is 318 g/mol. The Kier molecular flexibility index (Phi) is 4.27. The summed E-state index contributed by atoms with van der Waals surface area (Å²) in [6.45, 7) is 7.60. The third-order valence-electron chi connectivity index (χ3n) is 3.64. The first-order chi connectivity index (χ1) is 10.5. The van der Waals surface area contributed by atoms with Crippen LogP contribution in [-0.2, 0) is 4.74 Å². The molecule has 1 aliphatic rings. The molecule has 1 aliphatic heterocycles. The Morgan fingerprint density at radius 1 is 1.23 bits per heavy atom. The van der Waals surface area contributed by atoms with E-state index in [9.17, 15) is 0 Å². The maximum absolute atomic E-state index is 6.38. The van der Waals surface area contributed by atoms with Gasteiger partial charge >= 0.3 is 0 Å². The first-order valence-electron chi connectivity index (χ1n) is 7.39. The van der Waals surface area contributed by atoms with Gasteiger partial charge in [0.2, 0.25) is 5.95 Å². The highest BCUT2D eigenvalue weighted by Crippen LogP contribution is 2.28. The molecule has 0 saturated carbocycles. The lowest BCUT2D eigenvalue weighted by molar-refractivity contribution is -0.00571. The van der Waals surface area contributed by atoms with Crippen LogP contribution < -0.4 is 4.90 Å². The predicted molar refractivity (Wildman–Crippen MR) is 87.2 cm³/mol. The van der Waals surface area contributed by atoms with Gasteiger partial charge in [-0.25, -0.2) is 9.97 Å². The molecule has 2 aromatic rings. The number of aryl methyl sites for hydroxylation is 1. The van der Waals surface area contributed by atoms with Crippen molar-refractivity contribution in [2.24, 2.45) is 0 Å². The summed E-state index contributed by atoms with van der Waals surface area (Å²) in [5.74, 6) is 0.654. The second-order valence-corrected chi connectivity index (χ2v) is 6.08. The number of aromatic nitrogens is 3. The van der Waals surface area contributed by atoms with Crippen molar-refractivity contribution in [3.63, 3.8) is 0 Å². The number of rotatable bonds is 2. The summed E-state index contributed by atoms with van der Waals surface area (Å²) in [5.41, 5.74) is 2.74. The van der Waals surface area contributed by atoms with E-state index < -0.39 is 0 Å². The fourth-order valence-corrected chi connectivity index (χ4v) is 2.99. The summed E-state index contributed by atoms with van der Waals surface area (Å²) in [6, 6.07) is 3.89. The minimum absolute atomic E-state index is 0.161. The van der Waals surface area contributed by atoms with E-state index in [0.29, 0.717) is 11.1 Å². The summed E-state index contributed by atoms with van der Waals surface area (Å²) in [6.07, 6.45) is 3.87. The van der Waals surface area contributed by atoms with Crippen molar-refractivity contribution in [1.82, 2.24) is 15.0 Å². The van der Waals surface area contributed by atoms with Crippen molar-refractivity contribution in [3.8, 4) is 11.1 Å². The highest BCUT2D eigenvalue weighted by molar-refractivity contribution is 6.32. The fraction of sp³-hybridized carbons (Fsp3) is 0.438. The van der Waals surface area contributed by atoms with Gasteiger partial charge in [0.1, 0.15) is 5.15 Å². The lowest BCUT2D eigenvalue weighted by Crippen LogP contribution is -2.46. The maximum Gasteiger partial charge on any atom is 0.226 e. The molecule has 3 heterocycles. The minimum Gasteiger partial charge on any atom is -0.372 e. The molecule has 2 atom stereocenters. The second kappa shape index (κ2) is 6.18. The van der Waals surface area contributed by atoms with Gasteiger partial charge in [-0.1, -0.05) is 11.6 Å². The third kappa shape index (κ3) is 3.20. The molecule has 3 rings (SSSR count). The SMILES string of the molecule is Cc1cc(-c2cnc(N3CC(C)O[C@@H](C)C3)nc2Cl)ccn1. The molecular weight excluding hydrogens is 300 g/mol. The van der Waals surface area contributed by atoms with Crippen LogP contribution in [0.5, 0.6) is 0 Å². The van der Waals surface area contributed by atoms with Crippen LogP contribution in [0.4, 0.5) is 5.95 Å². The average molecular weight is 319 g/mol. The number of nitrogens with zero attached hydrogens (tertiary/aromatic N) is 4. The Hall–Kier alpha value is -1.72. The van der Waals surface area contributed by atoms with Crippen LogP contribution in [0.25, 0.3) is 11.1 Å². The molecule has 6 heteroatoms. The van der Waals surface area contributed by atoms with Gasteiger partial charge in [0.15, 0.2) is 0 Å². The summed E-state index contributed by atoms with van der Waals surface area (Å²) in [7, 11) is 0. The predicted octanol–water partition coefficient (Wildman–Crippen LogP) is 3.11. The van der Waals surface area contributed by atoms with Gasteiger partial charge in [-0.15, -0.1) is 0 Å². The molecule has 22 heavy (non-hydrogen) atoms. The zero-order valence-corrected chi connectivity index (χ0v) is 13.7. The third-order valence-corrected chi connectivity index (χ3v) is 3.93. The first kappa shape index (κ1) is 15.2. The molecule has 0 radical (unpaired) electrons. The van der Waals surface area contributed by atoms with Gasteiger partial charge in [0.25, 0.3) is 0 Å². The molecule has 0 aliphatic carbocycles. The number of morpholine rings is 1. The number of hydrogen-bond acceptors (Lipinski definition) is 5. The zero-order chi connectivity index (χ0) is 15.7. The standard InChI is InChI=1S/C16H19ClN4O/c1-10-6-13(4-5-18-10)14-7-19-16(20-15(14)17)21-8-11(2)22-12(3)9-21/h4-7,11-12H,8-9H2,1-3H3/t11-,12?/m0/s1. The molecule has 0 N–H and O–H groups in total. The molecule has 0 spiro atoms. The number of halogens is 1. The maximum atomic E-state index is 6.38. The van der Waals surface area contributed by atoms with Crippen molar-refractivity contribution in [2.75, 3.05) is 18.0 Å². The lowest BCUT2D eigenvalue weighted by atomic mass is 10.1. The van der Waals surface area contributed by atoms with Crippen LogP contribution in [0.3, 0.4) is 0 Å². The highest BCUT2D eigenvalue weighted by Gasteiger charge is 2.24. The number of anilines is 1. The number of ether oxygens (including phenoxy) is 1. The van der Waals surface area contributed by atoms with Crippen molar-refractivity contribution < 1.29 is 4.74 Å². The Bertz CT molecular complexity index is 669. The quantitative estimate of drug-likeness (QED) is 0.796. The molecule has 2 aromatic heterocycles. The van der Waals surface area contributed by atoms with Crippen LogP contribution >= 0.6 is 11.6 Å². The van der Waals surface area contributed by atoms with Crippen LogP contribution in [0, 0.1) is 6.92 Å². The number of hydrogen-bond donors (Lipinski definition) is 0. The Morgan fingerprint density at radius 3 is 2.59 bits per heavy atom. The van der Waals surface area contributed by atoms with Gasteiger partial charge in [-0.2, -0.15) is 0 Å². The summed E-state index contributed by atoms with van der Waals surface area (Å²) in [5, 5.41) is 0.461. The molecule has 5 nitrogen and oxygen atoms in total. The van der Waals surface area contributed by atoms with E-state index in [2.05, 4.69) is 33.7 Å². The van der Waals surface area contributed by atoms with Crippen LogP contribution in [-0.4, -0.2) is 40.2 Å². The van der Waals surface area contributed by atoms with Gasteiger partial charge in [0, 0.05) is 36.7 Å². The van der Waals surface area contributed by atoms with E-state index in [1.54, 1.807) is 12.4 Å². The highest BCUT2D eigenvalue weighted by atomic mass is 35.5. The molecule has 0 aromatic carbocycles. The normalized spacial score (nSPS) is 21.9. The molecule has 0 amide bonds. The largest absolute Gasteiger partial charge is 0.372 e. The van der Waals surface area contributed by atoms with Gasteiger partial charge in [-0.3, -0.25) is 4.98 Å². The van der Waals surface area contributed by atoms with Gasteiger partial charge in [-0.05, 0) is 38.5 Å². The van der Waals surface area contributed by atoms with E-state index in [1.807, 2.05) is 19.1 Å². The molecule has 116 valence electrons. The first-order valence-corrected chi connectivity index (χ1v) is 7.76. The Balaban J connectivity index is 1.89. The molecule has 1 fully saturated rings. The van der Waals surface area contributed by atoms with E-state index in [-0.39, 0.29) is 12.2 Å². The molecule has 1 unspecified atom stereocenters. The van der Waals surface area contributed by atoms with Crippen molar-refractivity contribution in [2.45, 2.75) is 33.0 Å². The zero-order valence-electron chi connectivity index (χ0n) is 13.0. The van der Waals surface area contributed by atoms with Crippen LogP contribution in [0.2, 0.25) is 5.15 Å². The van der Waals surface area contributed by atoms with Crippen molar-refractivity contribution in [3.05, 3.63) is 35.4 Å². The Morgan fingerprint density at radius 2 is 1.95 bits per heavy atom. The van der Waals surface area contributed by atoms with E-state index in [4.69, 9.17) is 16.3 Å². The Labute approximate surface area is 135 Å². The smallest absolute Gasteiger partial charge is 0.226 e. The van der Waals surface area contributed by atoms with E-state index in [0.717, 1.165) is 29.9 Å². The van der Waals surface area contributed by atoms with Gasteiger partial charge < -0.3 is 9.64 Å². The van der Waals surface area contributed by atoms with E-state index >= 15 is 0 Å².